The van der Waals surface area contributed by atoms with Gasteiger partial charge in [-0.1, -0.05) is 11.6 Å². The minimum absolute atomic E-state index is 0.0464. The largest absolute Gasteiger partial charge is 0.417 e. The van der Waals surface area contributed by atoms with Gasteiger partial charge in [-0.05, 0) is 32.3 Å². The number of hydrogen-bond donors (Lipinski definition) is 3. The van der Waals surface area contributed by atoms with Crippen LogP contribution in [-0.2, 0) is 15.8 Å². The highest BCUT2D eigenvalue weighted by atomic mass is 35.5. The molecule has 1 unspecified atom stereocenters. The average Bonchev–Trinajstić information content (AvgIpc) is 2.51. The SMILES string of the molecule is CN(C)CC(O)CNC(=O)CCC(=O)Nc1ccc(Cl)c(C(F)(F)F)c1. The number of nitrogens with zero attached hydrogens (tertiary/aromatic N) is 1. The van der Waals surface area contributed by atoms with E-state index in [0.717, 1.165) is 12.1 Å². The van der Waals surface area contributed by atoms with E-state index in [1.165, 1.54) is 6.07 Å². The first-order valence-corrected chi connectivity index (χ1v) is 8.13. The summed E-state index contributed by atoms with van der Waals surface area (Å²) in [7, 11) is 3.55. The first-order chi connectivity index (χ1) is 12.0. The molecule has 1 rings (SSSR count). The van der Waals surface area contributed by atoms with E-state index in [9.17, 15) is 27.9 Å². The second-order valence-electron chi connectivity index (χ2n) is 5.96. The average molecular weight is 396 g/mol. The monoisotopic (exact) mass is 395 g/mol. The lowest BCUT2D eigenvalue weighted by Gasteiger charge is -2.16. The van der Waals surface area contributed by atoms with Gasteiger partial charge < -0.3 is 20.6 Å². The van der Waals surface area contributed by atoms with Gasteiger partial charge in [-0.3, -0.25) is 9.59 Å². The molecule has 0 saturated carbocycles. The predicted octanol–water partition coefficient (Wildman–Crippen LogP) is 2.12. The van der Waals surface area contributed by atoms with Crippen LogP contribution in [0, 0.1) is 0 Å². The molecule has 0 heterocycles. The zero-order chi connectivity index (χ0) is 19.9. The van der Waals surface area contributed by atoms with Gasteiger partial charge in [-0.25, -0.2) is 0 Å². The highest BCUT2D eigenvalue weighted by Crippen LogP contribution is 2.36. The molecule has 0 fully saturated rings. The smallest absolute Gasteiger partial charge is 0.390 e. The number of likely N-dealkylation sites (N-methyl/N-ethyl adjacent to an activating group) is 1. The highest BCUT2D eigenvalue weighted by Gasteiger charge is 2.33. The molecule has 26 heavy (non-hydrogen) atoms. The molecule has 10 heteroatoms. The Kier molecular flexibility index (Phi) is 8.32. The Balaban J connectivity index is 2.46. The number of aliphatic hydroxyl groups excluding tert-OH is 1. The van der Waals surface area contributed by atoms with Crippen LogP contribution in [0.4, 0.5) is 18.9 Å². The van der Waals surface area contributed by atoms with Crippen LogP contribution in [0.15, 0.2) is 18.2 Å². The van der Waals surface area contributed by atoms with Crippen LogP contribution < -0.4 is 10.6 Å². The van der Waals surface area contributed by atoms with Crippen LogP contribution >= 0.6 is 11.6 Å². The molecule has 0 aliphatic carbocycles. The number of nitrogens with one attached hydrogen (secondary N) is 2. The molecule has 6 nitrogen and oxygen atoms in total. The predicted molar refractivity (Wildman–Crippen MR) is 91.9 cm³/mol. The van der Waals surface area contributed by atoms with Gasteiger partial charge in [0, 0.05) is 31.6 Å². The summed E-state index contributed by atoms with van der Waals surface area (Å²) < 4.78 is 38.3. The number of hydrogen-bond acceptors (Lipinski definition) is 4. The van der Waals surface area contributed by atoms with Gasteiger partial charge >= 0.3 is 6.18 Å². The molecule has 0 bridgehead atoms. The van der Waals surface area contributed by atoms with Crippen molar-refractivity contribution in [2.24, 2.45) is 0 Å². The number of amides is 2. The Hall–Kier alpha value is -1.84. The Labute approximate surface area is 154 Å². The third-order valence-corrected chi connectivity index (χ3v) is 3.57. The topological polar surface area (TPSA) is 81.7 Å². The maximum Gasteiger partial charge on any atom is 0.417 e. The molecular weight excluding hydrogens is 375 g/mol. The summed E-state index contributed by atoms with van der Waals surface area (Å²) in [5, 5.41) is 13.9. The molecule has 0 aliphatic rings. The molecule has 0 aromatic heterocycles. The zero-order valence-electron chi connectivity index (χ0n) is 14.4. The highest BCUT2D eigenvalue weighted by molar-refractivity contribution is 6.31. The van der Waals surface area contributed by atoms with Crippen molar-refractivity contribution in [1.82, 2.24) is 10.2 Å². The standard InChI is InChI=1S/C16H21ClF3N3O3/c1-23(2)9-11(24)8-21-14(25)5-6-15(26)22-10-3-4-13(17)12(7-10)16(18,19)20/h3-4,7,11,24H,5-6,8-9H2,1-2H3,(H,21,25)(H,22,26). The first-order valence-electron chi connectivity index (χ1n) is 7.75. The molecule has 0 saturated heterocycles. The summed E-state index contributed by atoms with van der Waals surface area (Å²) >= 11 is 5.50. The molecule has 3 N–H and O–H groups in total. The summed E-state index contributed by atoms with van der Waals surface area (Å²) in [5.41, 5.74) is -1.11. The molecular formula is C16H21ClF3N3O3. The number of carbonyl (C=O) groups excluding carboxylic acids is 2. The zero-order valence-corrected chi connectivity index (χ0v) is 15.1. The van der Waals surface area contributed by atoms with Crippen molar-refractivity contribution in [2.45, 2.75) is 25.1 Å². The second-order valence-corrected chi connectivity index (χ2v) is 6.37. The van der Waals surface area contributed by atoms with Crippen LogP contribution in [0.3, 0.4) is 0 Å². The number of carbonyl (C=O) groups is 2. The van der Waals surface area contributed by atoms with Gasteiger partial charge in [0.1, 0.15) is 0 Å². The van der Waals surface area contributed by atoms with Crippen molar-refractivity contribution in [1.29, 1.82) is 0 Å². The van der Waals surface area contributed by atoms with E-state index in [4.69, 9.17) is 11.6 Å². The summed E-state index contributed by atoms with van der Waals surface area (Å²) in [4.78, 5) is 25.2. The van der Waals surface area contributed by atoms with Crippen molar-refractivity contribution in [3.05, 3.63) is 28.8 Å². The fourth-order valence-electron chi connectivity index (χ4n) is 2.08. The van der Waals surface area contributed by atoms with Crippen LogP contribution in [0.1, 0.15) is 18.4 Å². The molecule has 146 valence electrons. The Morgan fingerprint density at radius 3 is 2.42 bits per heavy atom. The lowest BCUT2D eigenvalue weighted by molar-refractivity contribution is -0.137. The molecule has 0 spiro atoms. The minimum atomic E-state index is -4.63. The van der Waals surface area contributed by atoms with Crippen LogP contribution in [0.5, 0.6) is 0 Å². The quantitative estimate of drug-likeness (QED) is 0.629. The second kappa shape index (κ2) is 9.75. The molecule has 0 radical (unpaired) electrons. The number of alkyl halides is 3. The number of aliphatic hydroxyl groups is 1. The third-order valence-electron chi connectivity index (χ3n) is 3.25. The molecule has 0 aliphatic heterocycles. The van der Waals surface area contributed by atoms with E-state index in [1.54, 1.807) is 19.0 Å². The van der Waals surface area contributed by atoms with Crippen LogP contribution in [0.25, 0.3) is 0 Å². The van der Waals surface area contributed by atoms with E-state index in [1.807, 2.05) is 0 Å². The maximum absolute atomic E-state index is 12.8. The molecule has 1 atom stereocenters. The van der Waals surface area contributed by atoms with Crippen LogP contribution in [-0.4, -0.2) is 55.1 Å². The normalized spacial score (nSPS) is 12.8. The van der Waals surface area contributed by atoms with E-state index >= 15 is 0 Å². The molecule has 1 aromatic carbocycles. The van der Waals surface area contributed by atoms with Crippen molar-refractivity contribution in [2.75, 3.05) is 32.5 Å². The van der Waals surface area contributed by atoms with Crippen LogP contribution in [0.2, 0.25) is 5.02 Å². The Bertz CT molecular complexity index is 639. The fourth-order valence-corrected chi connectivity index (χ4v) is 2.30. The van der Waals surface area contributed by atoms with Crippen molar-refractivity contribution < 1.29 is 27.9 Å². The van der Waals surface area contributed by atoms with E-state index in [2.05, 4.69) is 10.6 Å². The Morgan fingerprint density at radius 1 is 1.23 bits per heavy atom. The summed E-state index contributed by atoms with van der Waals surface area (Å²) in [5.74, 6) is -1.05. The summed E-state index contributed by atoms with van der Waals surface area (Å²) in [6, 6.07) is 3.02. The van der Waals surface area contributed by atoms with E-state index in [0.29, 0.717) is 6.54 Å². The number of halogens is 4. The lowest BCUT2D eigenvalue weighted by atomic mass is 10.2. The summed E-state index contributed by atoms with van der Waals surface area (Å²) in [6.07, 6.45) is -5.73. The lowest BCUT2D eigenvalue weighted by Crippen LogP contribution is -2.37. The number of anilines is 1. The van der Waals surface area contributed by atoms with Gasteiger partial charge in [-0.15, -0.1) is 0 Å². The molecule has 2 amide bonds. The number of benzene rings is 1. The van der Waals surface area contributed by atoms with Gasteiger partial charge in [-0.2, -0.15) is 13.2 Å². The Morgan fingerprint density at radius 2 is 1.85 bits per heavy atom. The molecule has 1 aromatic rings. The van der Waals surface area contributed by atoms with Crippen molar-refractivity contribution in [3.63, 3.8) is 0 Å². The van der Waals surface area contributed by atoms with Gasteiger partial charge in [0.05, 0.1) is 16.7 Å². The van der Waals surface area contributed by atoms with E-state index < -0.39 is 34.7 Å². The third kappa shape index (κ3) is 8.03. The summed E-state index contributed by atoms with van der Waals surface area (Å²) in [6.45, 7) is 0.420. The van der Waals surface area contributed by atoms with Gasteiger partial charge in [0.15, 0.2) is 0 Å². The maximum atomic E-state index is 12.8. The van der Waals surface area contributed by atoms with Gasteiger partial charge in [0.25, 0.3) is 0 Å². The van der Waals surface area contributed by atoms with Crippen molar-refractivity contribution in [3.8, 4) is 0 Å². The number of rotatable bonds is 8. The van der Waals surface area contributed by atoms with Gasteiger partial charge in [0.2, 0.25) is 11.8 Å². The fraction of sp³-hybridized carbons (Fsp3) is 0.500. The first kappa shape index (κ1) is 22.2. The van der Waals surface area contributed by atoms with E-state index in [-0.39, 0.29) is 25.1 Å². The van der Waals surface area contributed by atoms with Crippen molar-refractivity contribution >= 4 is 29.1 Å². The minimum Gasteiger partial charge on any atom is -0.390 e.